The Morgan fingerprint density at radius 2 is 1.62 bits per heavy atom. The van der Waals surface area contributed by atoms with Crippen molar-refractivity contribution in [2.75, 3.05) is 19.6 Å². The van der Waals surface area contributed by atoms with Crippen LogP contribution in [0.1, 0.15) is 12.8 Å². The molecule has 1 saturated carbocycles. The summed E-state index contributed by atoms with van der Waals surface area (Å²) in [6.07, 6.45) is 2.19. The normalized spacial score (nSPS) is 16.1. The van der Waals surface area contributed by atoms with Crippen LogP contribution in [0.25, 0.3) is 0 Å². The van der Waals surface area contributed by atoms with E-state index in [2.05, 4.69) is 0 Å². The minimum Gasteiger partial charge on any atom is -0.480 e. The third-order valence-electron chi connectivity index (χ3n) is 1.93. The fourth-order valence-corrected chi connectivity index (χ4v) is 1.23. The van der Waals surface area contributed by atoms with Crippen molar-refractivity contribution in [2.24, 2.45) is 5.92 Å². The fraction of sp³-hybridized carbons (Fsp3) is 0.750. The Morgan fingerprint density at radius 1 is 1.15 bits per heavy atom. The Hall–Kier alpha value is -1.10. The topological polar surface area (TPSA) is 77.8 Å². The molecule has 1 aliphatic rings. The van der Waals surface area contributed by atoms with E-state index in [1.807, 2.05) is 0 Å². The number of hydrogen-bond acceptors (Lipinski definition) is 3. The minimum absolute atomic E-state index is 0.178. The average molecular weight is 187 g/mol. The van der Waals surface area contributed by atoms with E-state index in [1.165, 1.54) is 4.90 Å². The van der Waals surface area contributed by atoms with Crippen molar-refractivity contribution >= 4 is 11.9 Å². The van der Waals surface area contributed by atoms with Gasteiger partial charge >= 0.3 is 11.9 Å². The molecule has 1 aliphatic carbocycles. The molecule has 0 heterocycles. The lowest BCUT2D eigenvalue weighted by Gasteiger charge is -2.16. The minimum atomic E-state index is -0.970. The van der Waals surface area contributed by atoms with E-state index in [9.17, 15) is 9.59 Å². The van der Waals surface area contributed by atoms with Crippen LogP contribution in [-0.2, 0) is 9.59 Å². The predicted molar refractivity (Wildman–Crippen MR) is 44.4 cm³/mol. The first kappa shape index (κ1) is 9.98. The maximum atomic E-state index is 10.4. The summed E-state index contributed by atoms with van der Waals surface area (Å²) >= 11 is 0. The van der Waals surface area contributed by atoms with Crippen LogP contribution in [0.5, 0.6) is 0 Å². The lowest BCUT2D eigenvalue weighted by atomic mass is 10.3. The molecule has 74 valence electrons. The van der Waals surface area contributed by atoms with E-state index < -0.39 is 11.9 Å². The van der Waals surface area contributed by atoms with Gasteiger partial charge in [0, 0.05) is 6.54 Å². The summed E-state index contributed by atoms with van der Waals surface area (Å²) in [6.45, 7) is 0.240. The second-order valence-corrected chi connectivity index (χ2v) is 3.40. The molecule has 5 nitrogen and oxygen atoms in total. The largest absolute Gasteiger partial charge is 0.480 e. The third kappa shape index (κ3) is 4.47. The maximum absolute atomic E-state index is 10.4. The summed E-state index contributed by atoms with van der Waals surface area (Å²) in [4.78, 5) is 22.2. The molecule has 0 unspecified atom stereocenters. The summed E-state index contributed by atoms with van der Waals surface area (Å²) in [5.74, 6) is -1.43. The molecule has 0 saturated heterocycles. The molecule has 0 aromatic rings. The Morgan fingerprint density at radius 3 is 1.92 bits per heavy atom. The second kappa shape index (κ2) is 4.23. The smallest absolute Gasteiger partial charge is 0.317 e. The van der Waals surface area contributed by atoms with Crippen molar-refractivity contribution in [1.29, 1.82) is 0 Å². The Balaban J connectivity index is 2.32. The van der Waals surface area contributed by atoms with Crippen molar-refractivity contribution in [2.45, 2.75) is 12.8 Å². The number of rotatable bonds is 6. The number of aliphatic carboxylic acids is 2. The molecule has 0 amide bonds. The number of carbonyl (C=O) groups is 2. The molecule has 0 atom stereocenters. The number of nitrogens with zero attached hydrogens (tertiary/aromatic N) is 1. The maximum Gasteiger partial charge on any atom is 0.317 e. The SMILES string of the molecule is O=C(O)CN(CC(=O)O)CC1CC1. The highest BCUT2D eigenvalue weighted by Gasteiger charge is 2.26. The highest BCUT2D eigenvalue weighted by atomic mass is 16.4. The summed E-state index contributed by atoms with van der Waals surface area (Å²) < 4.78 is 0. The summed E-state index contributed by atoms with van der Waals surface area (Å²) in [5.41, 5.74) is 0. The zero-order valence-electron chi connectivity index (χ0n) is 7.27. The van der Waals surface area contributed by atoms with Gasteiger partial charge < -0.3 is 10.2 Å². The van der Waals surface area contributed by atoms with Crippen LogP contribution in [0.4, 0.5) is 0 Å². The highest BCUT2D eigenvalue weighted by Crippen LogP contribution is 2.29. The van der Waals surface area contributed by atoms with Gasteiger partial charge in [-0.2, -0.15) is 0 Å². The van der Waals surface area contributed by atoms with Gasteiger partial charge in [0.05, 0.1) is 13.1 Å². The lowest BCUT2D eigenvalue weighted by molar-refractivity contribution is -0.141. The van der Waals surface area contributed by atoms with Gasteiger partial charge in [0.2, 0.25) is 0 Å². The molecule has 2 N–H and O–H groups in total. The highest BCUT2D eigenvalue weighted by molar-refractivity contribution is 5.72. The monoisotopic (exact) mass is 187 g/mol. The molecule has 1 fully saturated rings. The van der Waals surface area contributed by atoms with Gasteiger partial charge in [0.1, 0.15) is 0 Å². The fourth-order valence-electron chi connectivity index (χ4n) is 1.23. The molecule has 0 spiro atoms. The predicted octanol–water partition coefficient (Wildman–Crippen LogP) is -0.132. The Bertz CT molecular complexity index is 196. The standard InChI is InChI=1S/C8H13NO4/c10-7(11)4-9(5-8(12)13)3-6-1-2-6/h6H,1-5H2,(H,10,11)(H,12,13). The van der Waals surface area contributed by atoms with E-state index in [-0.39, 0.29) is 13.1 Å². The van der Waals surface area contributed by atoms with Crippen molar-refractivity contribution in [3.8, 4) is 0 Å². The zero-order valence-corrected chi connectivity index (χ0v) is 7.27. The Kier molecular flexibility index (Phi) is 3.25. The van der Waals surface area contributed by atoms with E-state index in [0.717, 1.165) is 12.8 Å². The van der Waals surface area contributed by atoms with Crippen LogP contribution < -0.4 is 0 Å². The van der Waals surface area contributed by atoms with E-state index in [0.29, 0.717) is 12.5 Å². The van der Waals surface area contributed by atoms with Gasteiger partial charge in [-0.25, -0.2) is 0 Å². The number of carboxylic acids is 2. The van der Waals surface area contributed by atoms with Gasteiger partial charge in [-0.3, -0.25) is 14.5 Å². The van der Waals surface area contributed by atoms with Crippen LogP contribution in [0, 0.1) is 5.92 Å². The molecule has 5 heteroatoms. The first-order chi connectivity index (χ1) is 6.08. The summed E-state index contributed by atoms with van der Waals surface area (Å²) in [5, 5.41) is 17.0. The van der Waals surface area contributed by atoms with Gasteiger partial charge in [0.15, 0.2) is 0 Å². The summed E-state index contributed by atoms with van der Waals surface area (Å²) in [7, 11) is 0. The van der Waals surface area contributed by atoms with Crippen molar-refractivity contribution in [1.82, 2.24) is 4.90 Å². The zero-order chi connectivity index (χ0) is 9.84. The van der Waals surface area contributed by atoms with Crippen LogP contribution in [0.2, 0.25) is 0 Å². The van der Waals surface area contributed by atoms with Gasteiger partial charge in [0.25, 0.3) is 0 Å². The third-order valence-corrected chi connectivity index (χ3v) is 1.93. The van der Waals surface area contributed by atoms with Gasteiger partial charge in [-0.15, -0.1) is 0 Å². The van der Waals surface area contributed by atoms with Crippen LogP contribution in [0.15, 0.2) is 0 Å². The quantitative estimate of drug-likeness (QED) is 0.605. The molecular formula is C8H13NO4. The van der Waals surface area contributed by atoms with Gasteiger partial charge in [-0.1, -0.05) is 0 Å². The summed E-state index contributed by atoms with van der Waals surface area (Å²) in [6, 6.07) is 0. The van der Waals surface area contributed by atoms with Crippen molar-refractivity contribution < 1.29 is 19.8 Å². The Labute approximate surface area is 76.0 Å². The van der Waals surface area contributed by atoms with E-state index >= 15 is 0 Å². The molecule has 0 bridgehead atoms. The molecular weight excluding hydrogens is 174 g/mol. The van der Waals surface area contributed by atoms with E-state index in [4.69, 9.17) is 10.2 Å². The van der Waals surface area contributed by atoms with E-state index in [1.54, 1.807) is 0 Å². The average Bonchev–Trinajstić information content (AvgIpc) is 2.67. The first-order valence-corrected chi connectivity index (χ1v) is 4.24. The molecule has 0 aromatic carbocycles. The van der Waals surface area contributed by atoms with Crippen molar-refractivity contribution in [3.05, 3.63) is 0 Å². The van der Waals surface area contributed by atoms with Crippen LogP contribution >= 0.6 is 0 Å². The molecule has 0 aliphatic heterocycles. The molecule has 13 heavy (non-hydrogen) atoms. The molecule has 1 rings (SSSR count). The van der Waals surface area contributed by atoms with Gasteiger partial charge in [-0.05, 0) is 18.8 Å². The van der Waals surface area contributed by atoms with Crippen LogP contribution in [-0.4, -0.2) is 46.7 Å². The lowest BCUT2D eigenvalue weighted by Crippen LogP contribution is -2.35. The second-order valence-electron chi connectivity index (χ2n) is 3.40. The molecule has 0 aromatic heterocycles. The first-order valence-electron chi connectivity index (χ1n) is 4.24. The van der Waals surface area contributed by atoms with Crippen LogP contribution in [0.3, 0.4) is 0 Å². The van der Waals surface area contributed by atoms with Crippen molar-refractivity contribution in [3.63, 3.8) is 0 Å². The number of hydrogen-bond donors (Lipinski definition) is 2. The molecule has 0 radical (unpaired) electrons. The number of carboxylic acid groups (broad SMARTS) is 2.